The number of benzene rings is 2. The molecule has 5 rings (SSSR count). The number of nitrogens with one attached hydrogen (secondary N) is 4. The van der Waals surface area contributed by atoms with Crippen LogP contribution < -0.4 is 16.0 Å². The third-order valence-corrected chi connectivity index (χ3v) is 11.8. The van der Waals surface area contributed by atoms with Crippen molar-refractivity contribution in [3.63, 3.8) is 0 Å². The number of aryl methyl sites for hydroxylation is 1. The number of para-hydroxylation sites is 1. The summed E-state index contributed by atoms with van der Waals surface area (Å²) in [7, 11) is 0. The second-order valence-electron chi connectivity index (χ2n) is 15.6. The zero-order valence-electron chi connectivity index (χ0n) is 33.0. The number of carbonyl (C=O) groups excluding carboxylic acids is 4. The molecule has 2 aromatic heterocycles. The molecule has 13 heteroatoms. The molecule has 0 radical (unpaired) electrons. The highest BCUT2D eigenvalue weighted by molar-refractivity contribution is 5.97. The van der Waals surface area contributed by atoms with E-state index < -0.39 is 34.9 Å². The number of carbonyl (C=O) groups is 4. The smallest absolute Gasteiger partial charge is 0.358 e. The van der Waals surface area contributed by atoms with Gasteiger partial charge in [-0.05, 0) is 78.0 Å². The summed E-state index contributed by atoms with van der Waals surface area (Å²) < 4.78 is 56.8. The first-order chi connectivity index (χ1) is 27.2. The van der Waals surface area contributed by atoms with E-state index in [4.69, 9.17) is 0 Å². The first-order valence-electron chi connectivity index (χ1n) is 19.9. The van der Waals surface area contributed by atoms with Crippen LogP contribution in [-0.4, -0.2) is 52.1 Å². The molecule has 2 aromatic carbocycles. The van der Waals surface area contributed by atoms with Crippen LogP contribution in [0.4, 0.5) is 22.4 Å². The van der Waals surface area contributed by atoms with Gasteiger partial charge in [0.25, 0.3) is 0 Å². The van der Waals surface area contributed by atoms with E-state index in [1.807, 2.05) is 39.8 Å². The summed E-state index contributed by atoms with van der Waals surface area (Å²) in [4.78, 5) is 62.5. The van der Waals surface area contributed by atoms with E-state index in [-0.39, 0.29) is 91.5 Å². The van der Waals surface area contributed by atoms with E-state index in [0.717, 1.165) is 11.6 Å². The van der Waals surface area contributed by atoms with Crippen LogP contribution in [0.2, 0.25) is 0 Å². The molecule has 9 nitrogen and oxygen atoms in total. The number of rotatable bonds is 18. The maximum absolute atomic E-state index is 14.9. The number of ketones is 2. The Hall–Kier alpha value is -5.07. The normalized spacial score (nSPS) is 17.5. The van der Waals surface area contributed by atoms with Gasteiger partial charge in [-0.15, -0.1) is 0 Å². The second kappa shape index (κ2) is 18.9. The standard InChI is InChI=1S/C44H53F4N5O4/c1-5-27(3)31(26-51-42(57)50-21-17-29-15-19-49-20-16-29)23-39(55)43(18-14-38-35(25-43)33-11-9-12-36(40(33)52-38)44(46,47)48)53-41(56)34(28(4)6-2)24-32(54)22-30-10-7-8-13-37(30)45/h7-13,15-16,19-20,27-28,31,34,52H,5-6,14,17-18,21-26H2,1-4H3,(H,53,56)(H2,50,51,57)/t27?,28?,31-,34+,43-/m1/s1. The fraction of sp³-hybridized carbons (Fsp3) is 0.477. The van der Waals surface area contributed by atoms with Gasteiger partial charge in [-0.2, -0.15) is 13.2 Å². The van der Waals surface area contributed by atoms with E-state index >= 15 is 0 Å². The Bertz CT molecular complexity index is 2030. The molecule has 3 amide bonds. The quantitative estimate of drug-likeness (QED) is 0.0757. The minimum Gasteiger partial charge on any atom is -0.358 e. The number of amides is 3. The van der Waals surface area contributed by atoms with Crippen molar-refractivity contribution < 1.29 is 36.7 Å². The maximum atomic E-state index is 14.9. The summed E-state index contributed by atoms with van der Waals surface area (Å²) >= 11 is 0. The average molecular weight is 792 g/mol. The molecule has 4 aromatic rings. The van der Waals surface area contributed by atoms with E-state index in [0.29, 0.717) is 42.5 Å². The maximum Gasteiger partial charge on any atom is 0.418 e. The van der Waals surface area contributed by atoms with Crippen LogP contribution in [0, 0.1) is 29.5 Å². The molecule has 1 aliphatic carbocycles. The number of halogens is 4. The van der Waals surface area contributed by atoms with Gasteiger partial charge >= 0.3 is 12.2 Å². The number of urea groups is 1. The Kier molecular flexibility index (Phi) is 14.3. The predicted octanol–water partition coefficient (Wildman–Crippen LogP) is 8.09. The molecule has 57 heavy (non-hydrogen) atoms. The van der Waals surface area contributed by atoms with E-state index in [1.54, 1.807) is 24.5 Å². The summed E-state index contributed by atoms with van der Waals surface area (Å²) in [6, 6.07) is 13.3. The first kappa shape index (κ1) is 43.1. The minimum absolute atomic E-state index is 0.00994. The third-order valence-electron chi connectivity index (χ3n) is 11.8. The largest absolute Gasteiger partial charge is 0.418 e. The molecule has 0 bridgehead atoms. The fourth-order valence-corrected chi connectivity index (χ4v) is 7.86. The molecule has 0 saturated carbocycles. The van der Waals surface area contributed by atoms with Crippen LogP contribution in [0.3, 0.4) is 0 Å². The van der Waals surface area contributed by atoms with Crippen molar-refractivity contribution >= 4 is 34.4 Å². The molecular formula is C44H53F4N5O4. The highest BCUT2D eigenvalue weighted by Gasteiger charge is 2.46. The minimum atomic E-state index is -4.62. The highest BCUT2D eigenvalue weighted by Crippen LogP contribution is 2.41. The number of fused-ring (bicyclic) bond motifs is 3. The average Bonchev–Trinajstić information content (AvgIpc) is 3.56. The van der Waals surface area contributed by atoms with Gasteiger partial charge in [0.15, 0.2) is 5.78 Å². The number of alkyl halides is 3. The van der Waals surface area contributed by atoms with Gasteiger partial charge in [-0.3, -0.25) is 19.4 Å². The number of aromatic amines is 1. The molecule has 0 aliphatic heterocycles. The molecule has 306 valence electrons. The molecule has 1 aliphatic rings. The number of hydrogen-bond donors (Lipinski definition) is 4. The summed E-state index contributed by atoms with van der Waals surface area (Å²) in [5, 5.41) is 9.17. The van der Waals surface area contributed by atoms with E-state index in [9.17, 15) is 36.7 Å². The topological polar surface area (TPSA) is 133 Å². The predicted molar refractivity (Wildman–Crippen MR) is 211 cm³/mol. The molecule has 0 fully saturated rings. The van der Waals surface area contributed by atoms with Gasteiger partial charge in [0, 0.05) is 68.2 Å². The Balaban J connectivity index is 1.42. The van der Waals surface area contributed by atoms with Crippen LogP contribution in [0.1, 0.15) is 87.7 Å². The number of Topliss-reactive ketones (excluding diaryl/α,β-unsaturated/α-hetero) is 2. The van der Waals surface area contributed by atoms with Crippen molar-refractivity contribution in [2.45, 2.75) is 97.2 Å². The van der Waals surface area contributed by atoms with Crippen LogP contribution in [0.15, 0.2) is 67.0 Å². The molecule has 0 saturated heterocycles. The van der Waals surface area contributed by atoms with Gasteiger partial charge < -0.3 is 20.9 Å². The molecule has 5 atom stereocenters. The molecule has 4 N–H and O–H groups in total. The first-order valence-corrected chi connectivity index (χ1v) is 19.9. The molecular weight excluding hydrogens is 739 g/mol. The van der Waals surface area contributed by atoms with E-state index in [2.05, 4.69) is 25.9 Å². The lowest BCUT2D eigenvalue weighted by Gasteiger charge is -2.40. The van der Waals surface area contributed by atoms with Crippen molar-refractivity contribution in [3.05, 3.63) is 101 Å². The molecule has 2 unspecified atom stereocenters. The van der Waals surface area contributed by atoms with Crippen molar-refractivity contribution in [1.29, 1.82) is 0 Å². The van der Waals surface area contributed by atoms with Crippen LogP contribution >= 0.6 is 0 Å². The number of hydrogen-bond acceptors (Lipinski definition) is 5. The lowest BCUT2D eigenvalue weighted by molar-refractivity contribution is -0.137. The van der Waals surface area contributed by atoms with Crippen LogP contribution in [-0.2, 0) is 46.2 Å². The number of H-pyrrole nitrogens is 1. The third kappa shape index (κ3) is 10.7. The monoisotopic (exact) mass is 791 g/mol. The zero-order chi connectivity index (χ0) is 41.3. The van der Waals surface area contributed by atoms with Gasteiger partial charge in [0.2, 0.25) is 5.91 Å². The van der Waals surface area contributed by atoms with Crippen molar-refractivity contribution in [2.75, 3.05) is 13.1 Å². The van der Waals surface area contributed by atoms with Crippen LogP contribution in [0.5, 0.6) is 0 Å². The highest BCUT2D eigenvalue weighted by atomic mass is 19.4. The Morgan fingerprint density at radius 3 is 2.32 bits per heavy atom. The number of pyridine rings is 1. The SMILES string of the molecule is CCC(C)[C@@H](CNC(=O)NCCc1ccncc1)CC(=O)[C@@]1(NC(=O)[C@@H](CC(=O)Cc2ccccc2F)C(C)CC)CCc2[nH]c3c(C(F)(F)F)cccc3c2C1. The van der Waals surface area contributed by atoms with Crippen molar-refractivity contribution in [1.82, 2.24) is 25.9 Å². The zero-order valence-corrected chi connectivity index (χ0v) is 33.0. The van der Waals surface area contributed by atoms with Crippen molar-refractivity contribution in [2.24, 2.45) is 23.7 Å². The lowest BCUT2D eigenvalue weighted by Crippen LogP contribution is -2.60. The fourth-order valence-electron chi connectivity index (χ4n) is 7.86. The van der Waals surface area contributed by atoms with Gasteiger partial charge in [-0.25, -0.2) is 9.18 Å². The van der Waals surface area contributed by atoms with Crippen molar-refractivity contribution in [3.8, 4) is 0 Å². The Labute approximate surface area is 331 Å². The van der Waals surface area contributed by atoms with Gasteiger partial charge in [0.05, 0.1) is 11.1 Å². The number of aromatic nitrogens is 2. The summed E-state index contributed by atoms with van der Waals surface area (Å²) in [6.45, 7) is 8.28. The molecule has 2 heterocycles. The Morgan fingerprint density at radius 1 is 0.912 bits per heavy atom. The number of nitrogens with zero attached hydrogens (tertiary/aromatic N) is 1. The van der Waals surface area contributed by atoms with Crippen LogP contribution in [0.25, 0.3) is 10.9 Å². The molecule has 0 spiro atoms. The van der Waals surface area contributed by atoms with Gasteiger partial charge in [-0.1, -0.05) is 70.9 Å². The lowest BCUT2D eigenvalue weighted by atomic mass is 9.72. The summed E-state index contributed by atoms with van der Waals surface area (Å²) in [6.07, 6.45) is 0.475. The Morgan fingerprint density at radius 2 is 1.63 bits per heavy atom. The van der Waals surface area contributed by atoms with Gasteiger partial charge in [0.1, 0.15) is 17.1 Å². The summed E-state index contributed by atoms with van der Waals surface area (Å²) in [5.41, 5.74) is -0.0557. The van der Waals surface area contributed by atoms with E-state index in [1.165, 1.54) is 24.3 Å². The summed E-state index contributed by atoms with van der Waals surface area (Å²) in [5.74, 6) is -3.11. The second-order valence-corrected chi connectivity index (χ2v) is 15.6.